The van der Waals surface area contributed by atoms with Crippen LogP contribution in [0.2, 0.25) is 0 Å². The molecule has 0 aliphatic rings. The molecular weight excluding hydrogens is 367 g/mol. The molecule has 0 radical (unpaired) electrons. The highest BCUT2D eigenvalue weighted by molar-refractivity contribution is 5.77. The zero-order valence-corrected chi connectivity index (χ0v) is 16.5. The fraction of sp³-hybridized carbons (Fsp3) is 0.208. The average molecular weight is 390 g/mol. The van der Waals surface area contributed by atoms with E-state index in [1.807, 2.05) is 49.4 Å². The summed E-state index contributed by atoms with van der Waals surface area (Å²) in [5.74, 6) is 2.26. The van der Waals surface area contributed by atoms with Crippen molar-refractivity contribution in [2.45, 2.75) is 26.4 Å². The molecule has 0 saturated carbocycles. The topological polar surface area (TPSA) is 47.1 Å². The van der Waals surface area contributed by atoms with Crippen LogP contribution in [-0.2, 0) is 6.61 Å². The summed E-state index contributed by atoms with van der Waals surface area (Å²) in [4.78, 5) is 8.12. The zero-order chi connectivity index (χ0) is 20.2. The van der Waals surface area contributed by atoms with Gasteiger partial charge in [-0.05, 0) is 42.8 Å². The summed E-state index contributed by atoms with van der Waals surface area (Å²) < 4.78 is 25.0. The third kappa shape index (κ3) is 4.24. The van der Waals surface area contributed by atoms with Crippen LogP contribution in [0.4, 0.5) is 4.39 Å². The number of ether oxygens (including phenoxy) is 2. The number of benzene rings is 3. The number of fused-ring (bicyclic) bond motifs is 1. The summed E-state index contributed by atoms with van der Waals surface area (Å²) in [5, 5.41) is 0. The summed E-state index contributed by atoms with van der Waals surface area (Å²) in [6, 6.07) is 20.4. The number of H-pyrrole nitrogens is 1. The van der Waals surface area contributed by atoms with Gasteiger partial charge in [0.05, 0.1) is 17.6 Å². The Labute approximate surface area is 169 Å². The monoisotopic (exact) mass is 390 g/mol. The summed E-state index contributed by atoms with van der Waals surface area (Å²) in [6.07, 6.45) is 0. The molecule has 4 rings (SSSR count). The van der Waals surface area contributed by atoms with E-state index in [2.05, 4.69) is 11.9 Å². The first-order valence-corrected chi connectivity index (χ1v) is 9.72. The third-order valence-corrected chi connectivity index (χ3v) is 4.93. The number of nitrogens with one attached hydrogen (secondary N) is 1. The van der Waals surface area contributed by atoms with Crippen LogP contribution >= 0.6 is 0 Å². The highest BCUT2D eigenvalue weighted by atomic mass is 19.1. The standard InChI is InChI=1S/C24H23FN2O2/c1-3-28-20-12-13-22-23(14-20)27-24(26-22)16(2)17-8-10-19(11-9-17)29-15-18-6-4-5-7-21(18)25/h4-14,16H,3,15H2,1-2H3,(H,26,27). The van der Waals surface area contributed by atoms with Gasteiger partial charge in [-0.1, -0.05) is 37.3 Å². The summed E-state index contributed by atoms with van der Waals surface area (Å²) in [5.41, 5.74) is 3.54. The van der Waals surface area contributed by atoms with Gasteiger partial charge in [-0.2, -0.15) is 0 Å². The van der Waals surface area contributed by atoms with Gasteiger partial charge in [0.2, 0.25) is 0 Å². The fourth-order valence-electron chi connectivity index (χ4n) is 3.25. The second-order valence-corrected chi connectivity index (χ2v) is 6.90. The van der Waals surface area contributed by atoms with Crippen LogP contribution in [0.3, 0.4) is 0 Å². The molecule has 1 unspecified atom stereocenters. The van der Waals surface area contributed by atoms with Gasteiger partial charge in [-0.3, -0.25) is 0 Å². The molecule has 148 valence electrons. The maximum atomic E-state index is 13.7. The minimum absolute atomic E-state index is 0.0959. The second kappa shape index (κ2) is 8.35. The Balaban J connectivity index is 1.47. The second-order valence-electron chi connectivity index (χ2n) is 6.90. The summed E-state index contributed by atoms with van der Waals surface area (Å²) in [7, 11) is 0. The molecule has 4 aromatic rings. The molecule has 0 bridgehead atoms. The van der Waals surface area contributed by atoms with Crippen molar-refractivity contribution >= 4 is 11.0 Å². The van der Waals surface area contributed by atoms with E-state index >= 15 is 0 Å². The molecule has 4 nitrogen and oxygen atoms in total. The van der Waals surface area contributed by atoms with Crippen molar-refractivity contribution in [3.05, 3.63) is 89.5 Å². The minimum Gasteiger partial charge on any atom is -0.494 e. The van der Waals surface area contributed by atoms with Crippen LogP contribution in [0.25, 0.3) is 11.0 Å². The highest BCUT2D eigenvalue weighted by Gasteiger charge is 2.14. The molecule has 29 heavy (non-hydrogen) atoms. The first-order chi connectivity index (χ1) is 14.1. The van der Waals surface area contributed by atoms with Crippen LogP contribution in [0.15, 0.2) is 66.7 Å². The molecule has 0 fully saturated rings. The fourth-order valence-corrected chi connectivity index (χ4v) is 3.25. The Morgan fingerprint density at radius 1 is 0.966 bits per heavy atom. The van der Waals surface area contributed by atoms with E-state index in [1.54, 1.807) is 18.2 Å². The molecule has 0 spiro atoms. The maximum Gasteiger partial charge on any atom is 0.129 e. The molecule has 0 aliphatic carbocycles. The normalized spacial score (nSPS) is 12.1. The SMILES string of the molecule is CCOc1ccc2[nH]c(C(C)c3ccc(OCc4ccccc4F)cc3)nc2c1. The van der Waals surface area contributed by atoms with Gasteiger partial charge in [0.25, 0.3) is 0 Å². The van der Waals surface area contributed by atoms with Gasteiger partial charge < -0.3 is 14.5 Å². The number of imidazole rings is 1. The van der Waals surface area contributed by atoms with Crippen molar-refractivity contribution in [2.24, 2.45) is 0 Å². The van der Waals surface area contributed by atoms with Crippen molar-refractivity contribution < 1.29 is 13.9 Å². The molecule has 0 saturated heterocycles. The Morgan fingerprint density at radius 2 is 1.72 bits per heavy atom. The Bertz CT molecular complexity index is 1110. The number of halogens is 1. The molecular formula is C24H23FN2O2. The predicted octanol–water partition coefficient (Wildman–Crippen LogP) is 5.83. The lowest BCUT2D eigenvalue weighted by Gasteiger charge is -2.11. The van der Waals surface area contributed by atoms with E-state index in [0.29, 0.717) is 17.9 Å². The average Bonchev–Trinajstić information content (AvgIpc) is 3.17. The van der Waals surface area contributed by atoms with Crippen molar-refractivity contribution in [2.75, 3.05) is 6.61 Å². The van der Waals surface area contributed by atoms with Crippen LogP contribution in [-0.4, -0.2) is 16.6 Å². The van der Waals surface area contributed by atoms with E-state index in [-0.39, 0.29) is 18.3 Å². The lowest BCUT2D eigenvalue weighted by molar-refractivity contribution is 0.300. The number of hydrogen-bond donors (Lipinski definition) is 1. The van der Waals surface area contributed by atoms with Crippen LogP contribution < -0.4 is 9.47 Å². The first kappa shape index (κ1) is 19.0. The van der Waals surface area contributed by atoms with Crippen molar-refractivity contribution in [3.63, 3.8) is 0 Å². The van der Waals surface area contributed by atoms with Crippen LogP contribution in [0.5, 0.6) is 11.5 Å². The van der Waals surface area contributed by atoms with E-state index in [0.717, 1.165) is 28.2 Å². The van der Waals surface area contributed by atoms with Gasteiger partial charge in [0.15, 0.2) is 0 Å². The lowest BCUT2D eigenvalue weighted by Crippen LogP contribution is -2.00. The molecule has 3 aromatic carbocycles. The Kier molecular flexibility index (Phi) is 5.47. The van der Waals surface area contributed by atoms with E-state index in [9.17, 15) is 4.39 Å². The van der Waals surface area contributed by atoms with Gasteiger partial charge >= 0.3 is 0 Å². The van der Waals surface area contributed by atoms with Crippen molar-refractivity contribution in [1.82, 2.24) is 9.97 Å². The quantitative estimate of drug-likeness (QED) is 0.432. The van der Waals surface area contributed by atoms with Gasteiger partial charge in [0.1, 0.15) is 29.7 Å². The lowest BCUT2D eigenvalue weighted by atomic mass is 10.0. The van der Waals surface area contributed by atoms with Gasteiger partial charge in [0, 0.05) is 17.5 Å². The highest BCUT2D eigenvalue weighted by Crippen LogP contribution is 2.27. The largest absolute Gasteiger partial charge is 0.494 e. The van der Waals surface area contributed by atoms with E-state index < -0.39 is 0 Å². The Hall–Kier alpha value is -3.34. The minimum atomic E-state index is -0.255. The van der Waals surface area contributed by atoms with Crippen LogP contribution in [0, 0.1) is 5.82 Å². The maximum absolute atomic E-state index is 13.7. The number of aromatic amines is 1. The molecule has 0 amide bonds. The van der Waals surface area contributed by atoms with Gasteiger partial charge in [-0.15, -0.1) is 0 Å². The molecule has 1 N–H and O–H groups in total. The molecule has 1 atom stereocenters. The van der Waals surface area contributed by atoms with E-state index in [4.69, 9.17) is 14.5 Å². The summed E-state index contributed by atoms with van der Waals surface area (Å²) in [6.45, 7) is 4.90. The zero-order valence-electron chi connectivity index (χ0n) is 16.5. The molecule has 0 aliphatic heterocycles. The predicted molar refractivity (Wildman–Crippen MR) is 112 cm³/mol. The van der Waals surface area contributed by atoms with E-state index in [1.165, 1.54) is 6.07 Å². The van der Waals surface area contributed by atoms with Crippen LogP contribution in [0.1, 0.15) is 36.7 Å². The first-order valence-electron chi connectivity index (χ1n) is 9.72. The third-order valence-electron chi connectivity index (χ3n) is 4.93. The molecule has 1 aromatic heterocycles. The Morgan fingerprint density at radius 3 is 2.48 bits per heavy atom. The summed E-state index contributed by atoms with van der Waals surface area (Å²) >= 11 is 0. The number of nitrogens with zero attached hydrogens (tertiary/aromatic N) is 1. The number of hydrogen-bond acceptors (Lipinski definition) is 3. The molecule has 5 heteroatoms. The number of aromatic nitrogens is 2. The van der Waals surface area contributed by atoms with Crippen molar-refractivity contribution in [1.29, 1.82) is 0 Å². The molecule has 1 heterocycles. The van der Waals surface area contributed by atoms with Crippen molar-refractivity contribution in [3.8, 4) is 11.5 Å². The smallest absolute Gasteiger partial charge is 0.129 e. The number of rotatable bonds is 7. The van der Waals surface area contributed by atoms with Gasteiger partial charge in [-0.25, -0.2) is 9.37 Å².